The maximum Gasteiger partial charge on any atom is 0.417 e. The van der Waals surface area contributed by atoms with Gasteiger partial charge in [-0.25, -0.2) is 4.98 Å². The summed E-state index contributed by atoms with van der Waals surface area (Å²) in [5.41, 5.74) is -0.332. The average molecular weight is 432 g/mol. The fraction of sp³-hybridized carbons (Fsp3) is 0.286. The lowest BCUT2D eigenvalue weighted by Crippen LogP contribution is -2.37. The third-order valence-electron chi connectivity index (χ3n) is 5.00. The fourth-order valence-corrected chi connectivity index (χ4v) is 3.35. The lowest BCUT2D eigenvalue weighted by molar-refractivity contribution is -0.137. The highest BCUT2D eigenvalue weighted by Gasteiger charge is 2.33. The van der Waals surface area contributed by atoms with Crippen LogP contribution in [0.15, 0.2) is 53.3 Å². The van der Waals surface area contributed by atoms with E-state index in [9.17, 15) is 23.1 Å². The maximum atomic E-state index is 13.2. The minimum Gasteiger partial charge on any atom is -0.451 e. The second kappa shape index (κ2) is 8.38. The molecule has 4 rings (SSSR count). The number of hydrogen-bond donors (Lipinski definition) is 2. The molecular weight excluding hydrogens is 413 g/mol. The van der Waals surface area contributed by atoms with Crippen molar-refractivity contribution in [3.05, 3.63) is 60.2 Å². The molecule has 1 fully saturated rings. The number of nitrogens with one attached hydrogen (secondary N) is 1. The first-order valence-electron chi connectivity index (χ1n) is 9.63. The van der Waals surface area contributed by atoms with Crippen molar-refractivity contribution in [2.75, 3.05) is 23.3 Å². The number of carbonyl (C=O) groups is 1. The zero-order valence-electron chi connectivity index (χ0n) is 16.3. The van der Waals surface area contributed by atoms with Crippen LogP contribution >= 0.6 is 0 Å². The van der Waals surface area contributed by atoms with Gasteiger partial charge in [0, 0.05) is 37.2 Å². The highest BCUT2D eigenvalue weighted by Crippen LogP contribution is 2.35. The van der Waals surface area contributed by atoms with E-state index in [0.717, 1.165) is 12.3 Å². The second-order valence-electron chi connectivity index (χ2n) is 7.17. The van der Waals surface area contributed by atoms with Gasteiger partial charge in [0.1, 0.15) is 5.76 Å². The summed E-state index contributed by atoms with van der Waals surface area (Å²) in [5, 5.41) is 12.2. The van der Waals surface area contributed by atoms with Gasteiger partial charge >= 0.3 is 6.18 Å². The molecule has 1 amide bonds. The largest absolute Gasteiger partial charge is 0.451 e. The molecule has 10 heteroatoms. The molecule has 4 heterocycles. The van der Waals surface area contributed by atoms with Crippen LogP contribution in [0.4, 0.5) is 24.7 Å². The topological polar surface area (TPSA) is 91.5 Å². The minimum absolute atomic E-state index is 0.0516. The van der Waals surface area contributed by atoms with Crippen LogP contribution in [0.5, 0.6) is 0 Å². The van der Waals surface area contributed by atoms with Crippen molar-refractivity contribution >= 4 is 17.4 Å². The number of rotatable bonds is 4. The number of carbonyl (C=O) groups excluding carboxylic acids is 1. The summed E-state index contributed by atoms with van der Waals surface area (Å²) in [6, 6.07) is 7.32. The molecule has 1 aliphatic heterocycles. The Labute approximate surface area is 175 Å². The summed E-state index contributed by atoms with van der Waals surface area (Å²) in [4.78, 5) is 22.3. The third kappa shape index (κ3) is 4.69. The molecule has 0 aliphatic carbocycles. The van der Waals surface area contributed by atoms with Gasteiger partial charge in [-0.3, -0.25) is 9.78 Å². The molecule has 3 aromatic rings. The number of hydrogen-bond acceptors (Lipinski definition) is 6. The van der Waals surface area contributed by atoms with Gasteiger partial charge in [-0.1, -0.05) is 0 Å². The van der Waals surface area contributed by atoms with Gasteiger partial charge in [0.15, 0.2) is 11.6 Å². The molecule has 0 bridgehead atoms. The highest BCUT2D eigenvalue weighted by atomic mass is 19.4. The Morgan fingerprint density at radius 1 is 1.16 bits per heavy atom. The number of alkyl halides is 3. The smallest absolute Gasteiger partial charge is 0.417 e. The fourth-order valence-electron chi connectivity index (χ4n) is 3.35. The van der Waals surface area contributed by atoms with Crippen molar-refractivity contribution in [3.8, 4) is 11.3 Å². The Morgan fingerprint density at radius 2 is 1.87 bits per heavy atom. The van der Waals surface area contributed by atoms with Crippen molar-refractivity contribution in [2.24, 2.45) is 0 Å². The maximum absolute atomic E-state index is 13.2. The zero-order valence-corrected chi connectivity index (χ0v) is 16.3. The number of halogens is 3. The van der Waals surface area contributed by atoms with Gasteiger partial charge in [-0.05, 0) is 43.2 Å². The summed E-state index contributed by atoms with van der Waals surface area (Å²) in [6.45, 7) is 0.824. The Balaban J connectivity index is 1.61. The number of aromatic nitrogens is 2. The SMILES string of the molecule is O=C(Nc1cc(C(F)(F)F)cnc1N1CCC(O)CC1)c1ccc(-c2ccncc2)o1. The Morgan fingerprint density at radius 3 is 2.55 bits per heavy atom. The van der Waals surface area contributed by atoms with Crippen LogP contribution in [0.2, 0.25) is 0 Å². The molecule has 0 spiro atoms. The standard InChI is InChI=1S/C21H19F3N4O3/c22-21(23,24)14-11-16(19(26-12-14)28-9-5-15(29)6-10-28)27-20(30)18-2-1-17(31-18)13-3-7-25-8-4-13/h1-4,7-8,11-12,15,29H,5-6,9-10H2,(H,27,30). The number of furan rings is 1. The third-order valence-corrected chi connectivity index (χ3v) is 5.00. The first-order valence-corrected chi connectivity index (χ1v) is 9.63. The van der Waals surface area contributed by atoms with E-state index in [4.69, 9.17) is 4.42 Å². The van der Waals surface area contributed by atoms with E-state index in [1.54, 1.807) is 35.5 Å². The molecule has 0 atom stereocenters. The van der Waals surface area contributed by atoms with Crippen LogP contribution in [-0.4, -0.2) is 40.2 Å². The van der Waals surface area contributed by atoms with Crippen LogP contribution in [0.25, 0.3) is 11.3 Å². The van der Waals surface area contributed by atoms with Crippen molar-refractivity contribution in [1.29, 1.82) is 0 Å². The Hall–Kier alpha value is -3.40. The Bertz CT molecular complexity index is 1060. The summed E-state index contributed by atoms with van der Waals surface area (Å²) in [5.74, 6) is -0.0990. The molecule has 7 nitrogen and oxygen atoms in total. The molecule has 0 saturated carbocycles. The normalized spacial score (nSPS) is 15.2. The molecule has 2 N–H and O–H groups in total. The predicted molar refractivity (Wildman–Crippen MR) is 107 cm³/mol. The number of aliphatic hydroxyl groups excluding tert-OH is 1. The molecule has 162 valence electrons. The Kier molecular flexibility index (Phi) is 5.64. The lowest BCUT2D eigenvalue weighted by Gasteiger charge is -2.32. The van der Waals surface area contributed by atoms with Crippen molar-refractivity contribution < 1.29 is 27.5 Å². The summed E-state index contributed by atoms with van der Waals surface area (Å²) < 4.78 is 45.2. The number of nitrogens with zero attached hydrogens (tertiary/aromatic N) is 3. The van der Waals surface area contributed by atoms with E-state index in [1.807, 2.05) is 0 Å². The van der Waals surface area contributed by atoms with E-state index in [1.165, 1.54) is 6.07 Å². The van der Waals surface area contributed by atoms with Crippen molar-refractivity contribution in [2.45, 2.75) is 25.1 Å². The summed E-state index contributed by atoms with van der Waals surface area (Å²) in [6.07, 6.45) is -0.250. The van der Waals surface area contributed by atoms with Crippen LogP contribution in [0, 0.1) is 0 Å². The van der Waals surface area contributed by atoms with E-state index in [0.29, 0.717) is 37.3 Å². The highest BCUT2D eigenvalue weighted by molar-refractivity contribution is 6.04. The summed E-state index contributed by atoms with van der Waals surface area (Å²) in [7, 11) is 0. The van der Waals surface area contributed by atoms with Crippen LogP contribution in [0.1, 0.15) is 29.0 Å². The van der Waals surface area contributed by atoms with Crippen molar-refractivity contribution in [1.82, 2.24) is 9.97 Å². The van der Waals surface area contributed by atoms with Crippen LogP contribution in [0.3, 0.4) is 0 Å². The molecule has 1 aliphatic rings. The van der Waals surface area contributed by atoms with Gasteiger partial charge in [-0.15, -0.1) is 0 Å². The number of amides is 1. The molecule has 0 aromatic carbocycles. The van der Waals surface area contributed by atoms with Crippen LogP contribution in [-0.2, 0) is 6.18 Å². The first-order chi connectivity index (χ1) is 14.8. The average Bonchev–Trinajstić information content (AvgIpc) is 3.25. The molecule has 1 saturated heterocycles. The monoisotopic (exact) mass is 432 g/mol. The molecule has 0 unspecified atom stereocenters. The van der Waals surface area contributed by atoms with E-state index in [2.05, 4.69) is 15.3 Å². The molecular formula is C21H19F3N4O3. The molecule has 3 aromatic heterocycles. The zero-order chi connectivity index (χ0) is 22.0. The summed E-state index contributed by atoms with van der Waals surface area (Å²) >= 11 is 0. The van der Waals surface area contributed by atoms with Gasteiger partial charge in [-0.2, -0.15) is 13.2 Å². The van der Waals surface area contributed by atoms with Gasteiger partial charge in [0.05, 0.1) is 17.4 Å². The van der Waals surface area contributed by atoms with E-state index >= 15 is 0 Å². The van der Waals surface area contributed by atoms with Gasteiger partial charge < -0.3 is 19.7 Å². The van der Waals surface area contributed by atoms with E-state index < -0.39 is 23.8 Å². The minimum atomic E-state index is -4.61. The van der Waals surface area contributed by atoms with Crippen molar-refractivity contribution in [3.63, 3.8) is 0 Å². The number of aliphatic hydroxyl groups is 1. The second-order valence-corrected chi connectivity index (χ2v) is 7.17. The quantitative estimate of drug-likeness (QED) is 0.648. The molecule has 0 radical (unpaired) electrons. The number of piperidine rings is 1. The van der Waals surface area contributed by atoms with Gasteiger partial charge in [0.2, 0.25) is 0 Å². The molecule has 31 heavy (non-hydrogen) atoms. The number of pyridine rings is 2. The predicted octanol–water partition coefficient (Wildman–Crippen LogP) is 3.97. The number of anilines is 2. The van der Waals surface area contributed by atoms with Crippen LogP contribution < -0.4 is 10.2 Å². The van der Waals surface area contributed by atoms with Gasteiger partial charge in [0.25, 0.3) is 5.91 Å². The van der Waals surface area contributed by atoms with E-state index in [-0.39, 0.29) is 17.3 Å². The lowest BCUT2D eigenvalue weighted by atomic mass is 10.1. The first kappa shape index (κ1) is 20.9.